The van der Waals surface area contributed by atoms with Gasteiger partial charge in [0, 0.05) is 11.5 Å². The molecular weight excluding hydrogens is 310 g/mol. The van der Waals surface area contributed by atoms with Crippen LogP contribution in [0.5, 0.6) is 0 Å². The van der Waals surface area contributed by atoms with Crippen LogP contribution in [0, 0.1) is 0 Å². The zero-order chi connectivity index (χ0) is 11.9. The summed E-state index contributed by atoms with van der Waals surface area (Å²) in [6.45, 7) is 0. The van der Waals surface area contributed by atoms with Crippen LogP contribution in [-0.4, -0.2) is 22.5 Å². The number of rotatable bonds is 5. The summed E-state index contributed by atoms with van der Waals surface area (Å²) in [4.78, 5) is 0. The molecule has 0 spiro atoms. The topological polar surface area (TPSA) is 41.6 Å². The number of thioether (sulfide) groups is 1. The van der Waals surface area contributed by atoms with Gasteiger partial charge in [-0.25, -0.2) is 11.0 Å². The summed E-state index contributed by atoms with van der Waals surface area (Å²) in [7, 11) is 0. The minimum Gasteiger partial charge on any atom is -0.231 e. The fraction of sp³-hybridized carbons (Fsp3) is 0.462. The zero-order valence-electron chi connectivity index (χ0n) is 10.4. The first kappa shape index (κ1) is 15.5. The summed E-state index contributed by atoms with van der Waals surface area (Å²) >= 11 is 1.84. The highest BCUT2D eigenvalue weighted by atomic mass is 79.9. The van der Waals surface area contributed by atoms with Gasteiger partial charge in [0.1, 0.15) is 0 Å². The molecule has 0 atom stereocenters. The Balaban J connectivity index is 0.00000162. The number of nitrogens with two attached hydrogens (primary N) is 1. The first-order valence-electron chi connectivity index (χ1n) is 6.05. The number of hydrazone groups is 1. The lowest BCUT2D eigenvalue weighted by atomic mass is 10.1. The van der Waals surface area contributed by atoms with Gasteiger partial charge < -0.3 is 0 Å². The predicted octanol–water partition coefficient (Wildman–Crippen LogP) is 3.21. The molecule has 0 aliphatic carbocycles. The largest absolute Gasteiger partial charge is 0.231 e. The molecule has 0 bridgehead atoms. The molecule has 0 saturated heterocycles. The predicted molar refractivity (Wildman–Crippen MR) is 85.1 cm³/mol. The van der Waals surface area contributed by atoms with Crippen LogP contribution >= 0.6 is 28.7 Å². The second kappa shape index (κ2) is 8.56. The molecule has 0 saturated carbocycles. The van der Waals surface area contributed by atoms with Crippen LogP contribution in [0.25, 0.3) is 0 Å². The quantitative estimate of drug-likeness (QED) is 0.666. The minimum absolute atomic E-state index is 0. The Labute approximate surface area is 124 Å². The van der Waals surface area contributed by atoms with Crippen LogP contribution in [0.15, 0.2) is 35.4 Å². The summed E-state index contributed by atoms with van der Waals surface area (Å²) in [6.07, 6.45) is 4.65. The van der Waals surface area contributed by atoms with Crippen molar-refractivity contribution in [2.24, 2.45) is 10.9 Å². The smallest absolute Gasteiger partial charge is 0.0987 e. The highest BCUT2D eigenvalue weighted by molar-refractivity contribution is 8.93. The molecule has 2 rings (SSSR count). The minimum atomic E-state index is 0. The Morgan fingerprint density at radius 2 is 1.89 bits per heavy atom. The van der Waals surface area contributed by atoms with Gasteiger partial charge in [-0.05, 0) is 31.2 Å². The molecule has 1 aromatic carbocycles. The molecule has 2 N–H and O–H groups in total. The summed E-state index contributed by atoms with van der Waals surface area (Å²) in [6, 6.07) is 10.6. The Morgan fingerprint density at radius 1 is 1.17 bits per heavy atom. The van der Waals surface area contributed by atoms with E-state index in [1.165, 1.54) is 24.1 Å². The SMILES string of the molecule is Br.NN1CSCC(CCCCc2ccccc2)=N1. The van der Waals surface area contributed by atoms with Crippen molar-refractivity contribution in [3.63, 3.8) is 0 Å². The molecule has 1 aliphatic heterocycles. The lowest BCUT2D eigenvalue weighted by molar-refractivity contribution is 0.351. The highest BCUT2D eigenvalue weighted by Crippen LogP contribution is 2.13. The molecule has 1 aliphatic rings. The summed E-state index contributed by atoms with van der Waals surface area (Å²) in [5.41, 5.74) is 2.66. The van der Waals surface area contributed by atoms with E-state index in [9.17, 15) is 0 Å². The molecule has 0 fully saturated rings. The van der Waals surface area contributed by atoms with E-state index in [-0.39, 0.29) is 17.0 Å². The lowest BCUT2D eigenvalue weighted by Gasteiger charge is -2.19. The molecule has 0 aromatic heterocycles. The molecule has 1 aromatic rings. The van der Waals surface area contributed by atoms with E-state index < -0.39 is 0 Å². The molecule has 5 heteroatoms. The third-order valence-corrected chi connectivity index (χ3v) is 3.77. The van der Waals surface area contributed by atoms with Gasteiger partial charge in [0.2, 0.25) is 0 Å². The number of hydrogen-bond acceptors (Lipinski definition) is 4. The summed E-state index contributed by atoms with van der Waals surface area (Å²) in [5, 5.41) is 5.88. The van der Waals surface area contributed by atoms with E-state index in [0.717, 1.165) is 24.5 Å². The van der Waals surface area contributed by atoms with Crippen molar-refractivity contribution in [3.8, 4) is 0 Å². The number of nitrogens with zero attached hydrogens (tertiary/aromatic N) is 2. The molecule has 1 heterocycles. The number of halogens is 1. The normalized spacial score (nSPS) is 14.9. The fourth-order valence-electron chi connectivity index (χ4n) is 1.92. The standard InChI is InChI=1S/C13H19N3S.BrH/c14-16-11-17-10-13(15-16)9-5-4-8-12-6-2-1-3-7-12;/h1-3,6-7H,4-5,8-11,14H2;1H. The Hall–Kier alpha value is -0.520. The van der Waals surface area contributed by atoms with Gasteiger partial charge in [-0.3, -0.25) is 0 Å². The zero-order valence-corrected chi connectivity index (χ0v) is 12.9. The second-order valence-electron chi connectivity index (χ2n) is 4.28. The van der Waals surface area contributed by atoms with Crippen molar-refractivity contribution in [1.82, 2.24) is 5.12 Å². The van der Waals surface area contributed by atoms with Crippen molar-refractivity contribution in [3.05, 3.63) is 35.9 Å². The maximum Gasteiger partial charge on any atom is 0.0987 e. The summed E-state index contributed by atoms with van der Waals surface area (Å²) in [5.74, 6) is 7.50. The average molecular weight is 330 g/mol. The first-order chi connectivity index (χ1) is 8.34. The number of hydrogen-bond donors (Lipinski definition) is 1. The van der Waals surface area contributed by atoms with E-state index in [0.29, 0.717) is 0 Å². The van der Waals surface area contributed by atoms with Crippen LogP contribution in [0.3, 0.4) is 0 Å². The van der Waals surface area contributed by atoms with E-state index in [1.54, 1.807) is 5.12 Å². The van der Waals surface area contributed by atoms with Crippen molar-refractivity contribution in [2.45, 2.75) is 25.7 Å². The van der Waals surface area contributed by atoms with Crippen LogP contribution in [0.4, 0.5) is 0 Å². The van der Waals surface area contributed by atoms with Crippen molar-refractivity contribution >= 4 is 34.5 Å². The highest BCUT2D eigenvalue weighted by Gasteiger charge is 2.08. The lowest BCUT2D eigenvalue weighted by Crippen LogP contribution is -2.30. The van der Waals surface area contributed by atoms with E-state index >= 15 is 0 Å². The van der Waals surface area contributed by atoms with Gasteiger partial charge in [-0.15, -0.1) is 28.7 Å². The van der Waals surface area contributed by atoms with Crippen LogP contribution in [-0.2, 0) is 6.42 Å². The molecule has 18 heavy (non-hydrogen) atoms. The van der Waals surface area contributed by atoms with Gasteiger partial charge in [-0.1, -0.05) is 30.3 Å². The van der Waals surface area contributed by atoms with Gasteiger partial charge in [-0.2, -0.15) is 5.10 Å². The van der Waals surface area contributed by atoms with Gasteiger partial charge in [0.25, 0.3) is 0 Å². The van der Waals surface area contributed by atoms with Crippen LogP contribution < -0.4 is 5.84 Å². The number of unbranched alkanes of at least 4 members (excludes halogenated alkanes) is 1. The summed E-state index contributed by atoms with van der Waals surface area (Å²) < 4.78 is 0. The average Bonchev–Trinajstić information content (AvgIpc) is 2.36. The van der Waals surface area contributed by atoms with Crippen LogP contribution in [0.2, 0.25) is 0 Å². The Kier molecular flexibility index (Phi) is 7.39. The third-order valence-electron chi connectivity index (χ3n) is 2.79. The number of aryl methyl sites for hydroxylation is 1. The molecule has 3 nitrogen and oxygen atoms in total. The fourth-order valence-corrected chi connectivity index (χ4v) is 2.70. The third kappa shape index (κ3) is 5.42. The van der Waals surface area contributed by atoms with Crippen molar-refractivity contribution < 1.29 is 0 Å². The maximum absolute atomic E-state index is 5.65. The Morgan fingerprint density at radius 3 is 2.61 bits per heavy atom. The number of benzene rings is 1. The van der Waals surface area contributed by atoms with Crippen molar-refractivity contribution in [2.75, 3.05) is 11.6 Å². The molecule has 0 radical (unpaired) electrons. The molecule has 100 valence electrons. The molecular formula is C13H20BrN3S. The molecule has 0 amide bonds. The Bertz CT molecular complexity index is 370. The van der Waals surface area contributed by atoms with Crippen molar-refractivity contribution in [1.29, 1.82) is 0 Å². The van der Waals surface area contributed by atoms with Gasteiger partial charge in [0.05, 0.1) is 5.88 Å². The van der Waals surface area contributed by atoms with E-state index in [1.807, 2.05) is 11.8 Å². The number of hydrazine groups is 1. The first-order valence-corrected chi connectivity index (χ1v) is 7.20. The molecule has 0 unspecified atom stereocenters. The van der Waals surface area contributed by atoms with Gasteiger partial charge >= 0.3 is 0 Å². The van der Waals surface area contributed by atoms with Gasteiger partial charge in [0.15, 0.2) is 0 Å². The van der Waals surface area contributed by atoms with E-state index in [2.05, 4.69) is 35.4 Å². The monoisotopic (exact) mass is 329 g/mol. The van der Waals surface area contributed by atoms with E-state index in [4.69, 9.17) is 5.84 Å². The second-order valence-corrected chi connectivity index (χ2v) is 5.23. The van der Waals surface area contributed by atoms with Crippen LogP contribution in [0.1, 0.15) is 24.8 Å². The maximum atomic E-state index is 5.65.